The molecule has 13 heavy (non-hydrogen) atoms. The Bertz CT molecular complexity index is 323. The number of nitrogen functional groups attached to an aromatic ring is 2. The molecule has 2 heterocycles. The molecule has 6 nitrogen and oxygen atoms in total. The van der Waals surface area contributed by atoms with Crippen molar-refractivity contribution < 1.29 is 4.39 Å². The van der Waals surface area contributed by atoms with Crippen LogP contribution in [-0.2, 0) is 0 Å². The minimum atomic E-state index is -0.463. The van der Waals surface area contributed by atoms with Crippen LogP contribution < -0.4 is 11.5 Å². The van der Waals surface area contributed by atoms with Crippen molar-refractivity contribution in [3.8, 4) is 0 Å². The third-order valence-corrected chi connectivity index (χ3v) is 1.17. The lowest BCUT2D eigenvalue weighted by molar-refractivity contribution is 0.579. The third kappa shape index (κ3) is 2.81. The van der Waals surface area contributed by atoms with Crippen molar-refractivity contribution in [1.29, 1.82) is 0 Å². The number of nitrogens with one attached hydrogen (secondary N) is 2. The molecule has 2 aromatic rings. The number of halogens is 1. The quantitative estimate of drug-likeness (QED) is 0.466. The molecule has 0 radical (unpaired) electrons. The van der Waals surface area contributed by atoms with Gasteiger partial charge in [0.2, 0.25) is 5.95 Å². The summed E-state index contributed by atoms with van der Waals surface area (Å²) in [6.45, 7) is 0. The summed E-state index contributed by atoms with van der Waals surface area (Å²) >= 11 is 0. The summed E-state index contributed by atoms with van der Waals surface area (Å²) in [7, 11) is 0. The molecule has 0 bridgehead atoms. The fourth-order valence-electron chi connectivity index (χ4n) is 0.548. The molecule has 2 rings (SSSR count). The lowest BCUT2D eigenvalue weighted by atomic mass is 10.6. The van der Waals surface area contributed by atoms with E-state index >= 15 is 0 Å². The molecule has 0 aliphatic heterocycles. The molecule has 0 aliphatic rings. The van der Waals surface area contributed by atoms with Crippen LogP contribution >= 0.6 is 0 Å². The third-order valence-electron chi connectivity index (χ3n) is 1.17. The van der Waals surface area contributed by atoms with Crippen LogP contribution in [0.1, 0.15) is 0 Å². The van der Waals surface area contributed by atoms with Crippen LogP contribution in [-0.4, -0.2) is 20.4 Å². The number of hydrogen-bond donors (Lipinski definition) is 4. The van der Waals surface area contributed by atoms with Crippen LogP contribution in [0.2, 0.25) is 0 Å². The van der Waals surface area contributed by atoms with E-state index in [1.165, 1.54) is 18.5 Å². The molecule has 6 N–H and O–H groups in total. The van der Waals surface area contributed by atoms with Gasteiger partial charge in [0.05, 0.1) is 11.9 Å². The predicted molar refractivity (Wildman–Crippen MR) is 46.0 cm³/mol. The van der Waals surface area contributed by atoms with E-state index in [1.807, 2.05) is 0 Å². The maximum atomic E-state index is 11.5. The van der Waals surface area contributed by atoms with Gasteiger partial charge < -0.3 is 11.5 Å². The summed E-state index contributed by atoms with van der Waals surface area (Å²) in [6, 6.07) is 1.25. The van der Waals surface area contributed by atoms with Crippen molar-refractivity contribution in [2.24, 2.45) is 0 Å². The van der Waals surface area contributed by atoms with Crippen molar-refractivity contribution in [3.05, 3.63) is 24.4 Å². The Morgan fingerprint density at radius 2 is 2.15 bits per heavy atom. The van der Waals surface area contributed by atoms with Crippen LogP contribution in [0.25, 0.3) is 0 Å². The van der Waals surface area contributed by atoms with E-state index in [9.17, 15) is 4.39 Å². The summed E-state index contributed by atoms with van der Waals surface area (Å²) in [5.74, 6) is -0.0324. The standard InChI is InChI=1S/C3H3FN2.C3H6N4/c4-3-1-2-5-6-3;4-2-1-6-7-3(2)5/h1-2H,(H,5,6);1H,4H2,(H3,5,6,7). The maximum Gasteiger partial charge on any atom is 0.232 e. The molecule has 0 unspecified atom stereocenters. The first-order chi connectivity index (χ1) is 6.20. The number of nitrogens with zero attached hydrogens (tertiary/aromatic N) is 2. The van der Waals surface area contributed by atoms with Gasteiger partial charge in [-0.1, -0.05) is 0 Å². The van der Waals surface area contributed by atoms with Crippen molar-refractivity contribution in [1.82, 2.24) is 20.4 Å². The molecule has 0 spiro atoms. The molecular formula is C6H9FN6. The van der Waals surface area contributed by atoms with Crippen molar-refractivity contribution in [2.75, 3.05) is 11.5 Å². The zero-order valence-electron chi connectivity index (χ0n) is 6.66. The maximum absolute atomic E-state index is 11.5. The fraction of sp³-hybridized carbons (Fsp3) is 0. The van der Waals surface area contributed by atoms with Crippen LogP contribution in [0.5, 0.6) is 0 Å². The first-order valence-corrected chi connectivity index (χ1v) is 3.39. The molecule has 7 heteroatoms. The molecule has 0 amide bonds. The summed E-state index contributed by atoms with van der Waals surface area (Å²) < 4.78 is 11.5. The van der Waals surface area contributed by atoms with E-state index in [1.54, 1.807) is 0 Å². The van der Waals surface area contributed by atoms with Gasteiger partial charge in [0.25, 0.3) is 0 Å². The molecule has 0 aliphatic carbocycles. The number of nitrogens with two attached hydrogens (primary N) is 2. The van der Waals surface area contributed by atoms with Crippen LogP contribution in [0.15, 0.2) is 18.5 Å². The normalized spacial score (nSPS) is 9.00. The van der Waals surface area contributed by atoms with Crippen LogP contribution in [0.3, 0.4) is 0 Å². The highest BCUT2D eigenvalue weighted by atomic mass is 19.1. The zero-order chi connectivity index (χ0) is 9.68. The van der Waals surface area contributed by atoms with E-state index in [0.29, 0.717) is 11.5 Å². The van der Waals surface area contributed by atoms with Crippen LogP contribution in [0.4, 0.5) is 15.9 Å². The first kappa shape index (κ1) is 9.04. The number of H-pyrrole nitrogens is 2. The topological polar surface area (TPSA) is 109 Å². The Balaban J connectivity index is 0.000000132. The van der Waals surface area contributed by atoms with E-state index < -0.39 is 5.95 Å². The number of aromatic amines is 2. The Kier molecular flexibility index (Phi) is 2.85. The Hall–Kier alpha value is -2.05. The van der Waals surface area contributed by atoms with Gasteiger partial charge in [0.1, 0.15) is 5.82 Å². The number of anilines is 2. The fourth-order valence-corrected chi connectivity index (χ4v) is 0.548. The summed E-state index contributed by atoms with van der Waals surface area (Å²) in [4.78, 5) is 0. The van der Waals surface area contributed by atoms with Crippen molar-refractivity contribution >= 4 is 11.5 Å². The average molecular weight is 184 g/mol. The molecule has 0 fully saturated rings. The summed E-state index contributed by atoms with van der Waals surface area (Å²) in [6.07, 6.45) is 2.89. The van der Waals surface area contributed by atoms with Gasteiger partial charge in [-0.2, -0.15) is 9.49 Å². The lowest BCUT2D eigenvalue weighted by Crippen LogP contribution is -1.89. The zero-order valence-corrected chi connectivity index (χ0v) is 6.66. The van der Waals surface area contributed by atoms with Gasteiger partial charge in [-0.25, -0.2) is 0 Å². The molecule has 0 atom stereocenters. The summed E-state index contributed by atoms with van der Waals surface area (Å²) in [5.41, 5.74) is 10.9. The summed E-state index contributed by atoms with van der Waals surface area (Å²) in [5, 5.41) is 11.4. The lowest BCUT2D eigenvalue weighted by Gasteiger charge is -1.80. The van der Waals surface area contributed by atoms with E-state index in [0.717, 1.165) is 0 Å². The van der Waals surface area contributed by atoms with Crippen LogP contribution in [0, 0.1) is 5.95 Å². The molecule has 0 saturated heterocycles. The van der Waals surface area contributed by atoms with Gasteiger partial charge in [-0.05, 0) is 0 Å². The minimum absolute atomic E-state index is 0.431. The number of rotatable bonds is 0. The first-order valence-electron chi connectivity index (χ1n) is 3.39. The van der Waals surface area contributed by atoms with E-state index in [2.05, 4.69) is 20.4 Å². The average Bonchev–Trinajstić information content (AvgIpc) is 2.67. The van der Waals surface area contributed by atoms with Gasteiger partial charge in [0.15, 0.2) is 0 Å². The smallest absolute Gasteiger partial charge is 0.232 e. The second kappa shape index (κ2) is 4.10. The highest BCUT2D eigenvalue weighted by molar-refractivity contribution is 5.55. The Morgan fingerprint density at radius 1 is 1.38 bits per heavy atom. The number of aromatic nitrogens is 4. The van der Waals surface area contributed by atoms with Gasteiger partial charge in [-0.15, -0.1) is 5.10 Å². The SMILES string of the molecule is Fc1cc[nH]n1.Nc1cn[nH]c1N. The van der Waals surface area contributed by atoms with E-state index in [4.69, 9.17) is 11.5 Å². The Morgan fingerprint density at radius 3 is 2.31 bits per heavy atom. The molecule has 70 valence electrons. The van der Waals surface area contributed by atoms with Gasteiger partial charge in [0, 0.05) is 12.3 Å². The minimum Gasteiger partial charge on any atom is -0.394 e. The largest absolute Gasteiger partial charge is 0.394 e. The molecule has 2 aromatic heterocycles. The van der Waals surface area contributed by atoms with Crippen molar-refractivity contribution in [2.45, 2.75) is 0 Å². The molecule has 0 saturated carbocycles. The molecule has 0 aromatic carbocycles. The highest BCUT2D eigenvalue weighted by Gasteiger charge is 1.89. The molecular weight excluding hydrogens is 175 g/mol. The number of hydrogen-bond acceptors (Lipinski definition) is 4. The highest BCUT2D eigenvalue weighted by Crippen LogP contribution is 2.04. The van der Waals surface area contributed by atoms with Crippen molar-refractivity contribution in [3.63, 3.8) is 0 Å². The predicted octanol–water partition coefficient (Wildman–Crippen LogP) is 0.123. The van der Waals surface area contributed by atoms with Gasteiger partial charge >= 0.3 is 0 Å². The Labute approximate surface area is 73.1 Å². The second-order valence-electron chi connectivity index (χ2n) is 2.14. The van der Waals surface area contributed by atoms with Gasteiger partial charge in [-0.3, -0.25) is 10.2 Å². The van der Waals surface area contributed by atoms with E-state index in [-0.39, 0.29) is 0 Å². The second-order valence-corrected chi connectivity index (χ2v) is 2.14. The monoisotopic (exact) mass is 184 g/mol.